The fraction of sp³-hybridized carbons (Fsp3) is 0.294. The maximum Gasteiger partial charge on any atom is 0.241 e. The van der Waals surface area contributed by atoms with Gasteiger partial charge in [0.05, 0.1) is 6.04 Å². The van der Waals surface area contributed by atoms with Crippen LogP contribution in [0.4, 0.5) is 11.4 Å². The van der Waals surface area contributed by atoms with Gasteiger partial charge in [0.2, 0.25) is 5.91 Å². The quantitative estimate of drug-likeness (QED) is 0.802. The van der Waals surface area contributed by atoms with Crippen molar-refractivity contribution >= 4 is 17.3 Å². The number of pyridine rings is 1. The summed E-state index contributed by atoms with van der Waals surface area (Å²) in [6, 6.07) is 11.0. The van der Waals surface area contributed by atoms with E-state index in [0.29, 0.717) is 5.69 Å². The molecule has 3 N–H and O–H groups in total. The molecule has 0 bridgehead atoms. The number of aromatic nitrogens is 1. The first-order valence-corrected chi connectivity index (χ1v) is 7.32. The van der Waals surface area contributed by atoms with E-state index in [4.69, 9.17) is 5.73 Å². The zero-order valence-electron chi connectivity index (χ0n) is 13.0. The van der Waals surface area contributed by atoms with Gasteiger partial charge in [0, 0.05) is 30.3 Å². The van der Waals surface area contributed by atoms with Gasteiger partial charge in [0.25, 0.3) is 0 Å². The molecule has 5 nitrogen and oxygen atoms in total. The Bertz CT molecular complexity index is 615. The number of anilines is 2. The zero-order valence-corrected chi connectivity index (χ0v) is 13.0. The molecule has 0 radical (unpaired) electrons. The zero-order chi connectivity index (χ0) is 15.9. The molecule has 0 spiro atoms. The summed E-state index contributed by atoms with van der Waals surface area (Å²) in [5.41, 5.74) is 8.29. The number of nitrogens with zero attached hydrogens (tertiary/aromatic N) is 2. The van der Waals surface area contributed by atoms with Crippen LogP contribution in [0, 0.1) is 0 Å². The molecule has 0 aliphatic heterocycles. The lowest BCUT2D eigenvalue weighted by Crippen LogP contribution is -2.40. The van der Waals surface area contributed by atoms with Crippen molar-refractivity contribution in [3.05, 3.63) is 54.4 Å². The molecule has 2 aromatic rings. The second-order valence-corrected chi connectivity index (χ2v) is 5.38. The Morgan fingerprint density at radius 1 is 1.32 bits per heavy atom. The Morgan fingerprint density at radius 2 is 2.05 bits per heavy atom. The van der Waals surface area contributed by atoms with Crippen molar-refractivity contribution in [2.24, 2.45) is 0 Å². The summed E-state index contributed by atoms with van der Waals surface area (Å²) in [6.45, 7) is 2.70. The summed E-state index contributed by atoms with van der Waals surface area (Å²) in [7, 11) is 1.95. The number of carbonyl (C=O) groups is 1. The third kappa shape index (κ3) is 4.56. The Labute approximate surface area is 131 Å². The van der Waals surface area contributed by atoms with E-state index in [1.54, 1.807) is 24.5 Å². The van der Waals surface area contributed by atoms with Gasteiger partial charge in [0.15, 0.2) is 0 Å². The number of benzene rings is 1. The number of carbonyl (C=O) groups excluding carboxylic acids is 1. The molecule has 1 amide bonds. The number of likely N-dealkylation sites (N-methyl/N-ethyl adjacent to an activating group) is 1. The maximum absolute atomic E-state index is 12.3. The van der Waals surface area contributed by atoms with E-state index < -0.39 is 0 Å². The van der Waals surface area contributed by atoms with E-state index in [1.807, 2.05) is 43.1 Å². The smallest absolute Gasteiger partial charge is 0.241 e. The van der Waals surface area contributed by atoms with Crippen molar-refractivity contribution in [1.29, 1.82) is 0 Å². The number of amides is 1. The van der Waals surface area contributed by atoms with Gasteiger partial charge in [-0.3, -0.25) is 14.7 Å². The minimum Gasteiger partial charge on any atom is -0.399 e. The van der Waals surface area contributed by atoms with Gasteiger partial charge >= 0.3 is 0 Å². The number of hydrogen-bond donors (Lipinski definition) is 2. The fourth-order valence-electron chi connectivity index (χ4n) is 2.11. The van der Waals surface area contributed by atoms with Gasteiger partial charge in [0.1, 0.15) is 0 Å². The molecule has 22 heavy (non-hydrogen) atoms. The fourth-order valence-corrected chi connectivity index (χ4v) is 2.11. The number of hydrogen-bond acceptors (Lipinski definition) is 4. The predicted molar refractivity (Wildman–Crippen MR) is 89.5 cm³/mol. The molecule has 1 aromatic heterocycles. The summed E-state index contributed by atoms with van der Waals surface area (Å²) in [6.07, 6.45) is 4.45. The highest BCUT2D eigenvalue weighted by Crippen LogP contribution is 2.13. The van der Waals surface area contributed by atoms with E-state index in [2.05, 4.69) is 10.3 Å². The van der Waals surface area contributed by atoms with Crippen LogP contribution in [0.5, 0.6) is 0 Å². The lowest BCUT2D eigenvalue weighted by atomic mass is 10.1. The molecule has 1 atom stereocenters. The molecule has 1 aromatic carbocycles. The minimum absolute atomic E-state index is 0.0390. The monoisotopic (exact) mass is 298 g/mol. The topological polar surface area (TPSA) is 71.2 Å². The molecule has 2 rings (SSSR count). The van der Waals surface area contributed by atoms with Gasteiger partial charge in [-0.1, -0.05) is 6.07 Å². The van der Waals surface area contributed by atoms with Gasteiger partial charge in [-0.2, -0.15) is 0 Å². The Balaban J connectivity index is 1.86. The van der Waals surface area contributed by atoms with Crippen LogP contribution >= 0.6 is 0 Å². The summed E-state index contributed by atoms with van der Waals surface area (Å²) in [5.74, 6) is -0.0390. The SMILES string of the molecule is CC(C(=O)Nc1cccc(N)c1)N(C)CCc1ccncc1. The van der Waals surface area contributed by atoms with Gasteiger partial charge < -0.3 is 11.1 Å². The van der Waals surface area contributed by atoms with Gasteiger partial charge in [-0.25, -0.2) is 0 Å². The van der Waals surface area contributed by atoms with E-state index in [9.17, 15) is 4.79 Å². The Hall–Kier alpha value is -2.40. The van der Waals surface area contributed by atoms with Gasteiger partial charge in [-0.05, 0) is 56.3 Å². The second kappa shape index (κ2) is 7.56. The molecule has 0 fully saturated rings. The first-order valence-electron chi connectivity index (χ1n) is 7.32. The van der Waals surface area contributed by atoms with Crippen LogP contribution in [0.1, 0.15) is 12.5 Å². The van der Waals surface area contributed by atoms with Crippen LogP contribution in [0.15, 0.2) is 48.8 Å². The van der Waals surface area contributed by atoms with Crippen molar-refractivity contribution in [3.8, 4) is 0 Å². The van der Waals surface area contributed by atoms with Crippen molar-refractivity contribution in [1.82, 2.24) is 9.88 Å². The minimum atomic E-state index is -0.219. The molecular weight excluding hydrogens is 276 g/mol. The van der Waals surface area contributed by atoms with Crippen LogP contribution in [-0.2, 0) is 11.2 Å². The average molecular weight is 298 g/mol. The van der Waals surface area contributed by atoms with Crippen LogP contribution in [0.2, 0.25) is 0 Å². The molecule has 116 valence electrons. The molecule has 1 unspecified atom stereocenters. The van der Waals surface area contributed by atoms with E-state index in [-0.39, 0.29) is 11.9 Å². The number of nitrogens with two attached hydrogens (primary N) is 1. The molecule has 0 saturated carbocycles. The highest BCUT2D eigenvalue weighted by molar-refractivity contribution is 5.94. The molecular formula is C17H22N4O. The maximum atomic E-state index is 12.3. The molecule has 0 saturated heterocycles. The van der Waals surface area contributed by atoms with E-state index >= 15 is 0 Å². The Morgan fingerprint density at radius 3 is 2.73 bits per heavy atom. The average Bonchev–Trinajstić information content (AvgIpc) is 2.53. The predicted octanol–water partition coefficient (Wildman–Crippen LogP) is 2.17. The van der Waals surface area contributed by atoms with E-state index in [0.717, 1.165) is 18.7 Å². The standard InChI is InChI=1S/C17H22N4O/c1-13(17(22)20-16-5-3-4-15(18)12-16)21(2)11-8-14-6-9-19-10-7-14/h3-7,9-10,12-13H,8,11,18H2,1-2H3,(H,20,22). The van der Waals surface area contributed by atoms with Crippen molar-refractivity contribution in [2.75, 3.05) is 24.6 Å². The molecule has 0 aliphatic rings. The summed E-state index contributed by atoms with van der Waals surface area (Å²) < 4.78 is 0. The Kier molecular flexibility index (Phi) is 5.49. The van der Waals surface area contributed by atoms with Gasteiger partial charge in [-0.15, -0.1) is 0 Å². The highest BCUT2D eigenvalue weighted by Gasteiger charge is 2.17. The van der Waals surface area contributed by atoms with Crippen molar-refractivity contribution in [3.63, 3.8) is 0 Å². The first kappa shape index (κ1) is 16.0. The van der Waals surface area contributed by atoms with Crippen LogP contribution in [0.3, 0.4) is 0 Å². The summed E-state index contributed by atoms with van der Waals surface area (Å²) >= 11 is 0. The van der Waals surface area contributed by atoms with Crippen molar-refractivity contribution in [2.45, 2.75) is 19.4 Å². The number of nitrogen functional groups attached to an aromatic ring is 1. The lowest BCUT2D eigenvalue weighted by molar-refractivity contribution is -0.120. The molecule has 1 heterocycles. The third-order valence-electron chi connectivity index (χ3n) is 3.70. The third-order valence-corrected chi connectivity index (χ3v) is 3.70. The number of rotatable bonds is 6. The van der Waals surface area contributed by atoms with E-state index in [1.165, 1.54) is 5.56 Å². The summed E-state index contributed by atoms with van der Waals surface area (Å²) in [4.78, 5) is 18.3. The first-order chi connectivity index (χ1) is 10.6. The lowest BCUT2D eigenvalue weighted by Gasteiger charge is -2.24. The van der Waals surface area contributed by atoms with Crippen molar-refractivity contribution < 1.29 is 4.79 Å². The van der Waals surface area contributed by atoms with Crippen LogP contribution < -0.4 is 11.1 Å². The molecule has 0 aliphatic carbocycles. The summed E-state index contributed by atoms with van der Waals surface area (Å²) in [5, 5.41) is 2.89. The number of nitrogens with one attached hydrogen (secondary N) is 1. The normalized spacial score (nSPS) is 12.1. The van der Waals surface area contributed by atoms with Crippen LogP contribution in [0.25, 0.3) is 0 Å². The second-order valence-electron chi connectivity index (χ2n) is 5.38. The highest BCUT2D eigenvalue weighted by atomic mass is 16.2. The largest absolute Gasteiger partial charge is 0.399 e. The molecule has 5 heteroatoms. The van der Waals surface area contributed by atoms with Crippen LogP contribution in [-0.4, -0.2) is 35.4 Å².